The zero-order chi connectivity index (χ0) is 18.7. The standard InChI is InChI=1S/C20H31NO4/c1-5-24-17-10-8-16(14-18(17)25-6-2)9-11-19(23)21-13-7-12-20(3,4)15-22/h8-11,14,22H,5-7,12-13,15H2,1-4H3,(H,21,23)/b11-9+. The van der Waals surface area contributed by atoms with Crippen molar-refractivity contribution in [3.8, 4) is 11.5 Å². The highest BCUT2D eigenvalue weighted by atomic mass is 16.5. The molecule has 25 heavy (non-hydrogen) atoms. The topological polar surface area (TPSA) is 67.8 Å². The first-order valence-corrected chi connectivity index (χ1v) is 8.88. The minimum absolute atomic E-state index is 0.0987. The van der Waals surface area contributed by atoms with Crippen molar-refractivity contribution in [1.82, 2.24) is 5.32 Å². The third kappa shape index (κ3) is 8.07. The van der Waals surface area contributed by atoms with Gasteiger partial charge in [-0.25, -0.2) is 0 Å². The lowest BCUT2D eigenvalue weighted by Crippen LogP contribution is -2.24. The van der Waals surface area contributed by atoms with Gasteiger partial charge in [0.25, 0.3) is 0 Å². The van der Waals surface area contributed by atoms with Crippen molar-refractivity contribution in [2.45, 2.75) is 40.5 Å². The molecule has 1 amide bonds. The molecule has 0 saturated carbocycles. The summed E-state index contributed by atoms with van der Waals surface area (Å²) in [7, 11) is 0. The SMILES string of the molecule is CCOc1ccc(/C=C/C(=O)NCCCC(C)(C)CO)cc1OCC. The Bertz CT molecular complexity index is 567. The van der Waals surface area contributed by atoms with Crippen LogP contribution >= 0.6 is 0 Å². The van der Waals surface area contributed by atoms with Crippen molar-refractivity contribution in [3.63, 3.8) is 0 Å². The molecule has 0 unspecified atom stereocenters. The number of ether oxygens (including phenoxy) is 2. The number of aliphatic hydroxyl groups excluding tert-OH is 1. The molecule has 0 heterocycles. The van der Waals surface area contributed by atoms with Crippen LogP contribution in [0.25, 0.3) is 6.08 Å². The van der Waals surface area contributed by atoms with Crippen LogP contribution in [0.2, 0.25) is 0 Å². The summed E-state index contributed by atoms with van der Waals surface area (Å²) in [5, 5.41) is 12.1. The summed E-state index contributed by atoms with van der Waals surface area (Å²) >= 11 is 0. The van der Waals surface area contributed by atoms with Crippen LogP contribution < -0.4 is 14.8 Å². The monoisotopic (exact) mass is 349 g/mol. The molecule has 0 radical (unpaired) electrons. The van der Waals surface area contributed by atoms with Gasteiger partial charge in [0.15, 0.2) is 11.5 Å². The maximum Gasteiger partial charge on any atom is 0.243 e. The lowest BCUT2D eigenvalue weighted by atomic mass is 9.89. The molecule has 5 nitrogen and oxygen atoms in total. The number of aliphatic hydroxyl groups is 1. The van der Waals surface area contributed by atoms with Crippen LogP contribution in [0.4, 0.5) is 0 Å². The van der Waals surface area contributed by atoms with E-state index >= 15 is 0 Å². The van der Waals surface area contributed by atoms with Crippen LogP contribution in [0.5, 0.6) is 11.5 Å². The Kier molecular flexibility index (Phi) is 9.06. The molecule has 0 aliphatic rings. The molecule has 0 aromatic heterocycles. The minimum atomic E-state index is -0.131. The highest BCUT2D eigenvalue weighted by Gasteiger charge is 2.15. The second kappa shape index (κ2) is 10.8. The van der Waals surface area contributed by atoms with E-state index in [-0.39, 0.29) is 17.9 Å². The lowest BCUT2D eigenvalue weighted by Gasteiger charge is -2.20. The van der Waals surface area contributed by atoms with Crippen LogP contribution in [0.3, 0.4) is 0 Å². The molecule has 0 saturated heterocycles. The van der Waals surface area contributed by atoms with Crippen LogP contribution in [0.1, 0.15) is 46.1 Å². The smallest absolute Gasteiger partial charge is 0.243 e. The van der Waals surface area contributed by atoms with Crippen LogP contribution in [-0.2, 0) is 4.79 Å². The van der Waals surface area contributed by atoms with Gasteiger partial charge in [0, 0.05) is 19.2 Å². The molecule has 5 heteroatoms. The van der Waals surface area contributed by atoms with Crippen LogP contribution in [0.15, 0.2) is 24.3 Å². The molecule has 0 atom stereocenters. The number of carbonyl (C=O) groups is 1. The van der Waals surface area contributed by atoms with E-state index in [0.717, 1.165) is 18.4 Å². The fourth-order valence-corrected chi connectivity index (χ4v) is 2.26. The average molecular weight is 349 g/mol. The predicted octanol–water partition coefficient (Wildman–Crippen LogP) is 3.41. The molecule has 1 aromatic rings. The Balaban J connectivity index is 2.54. The lowest BCUT2D eigenvalue weighted by molar-refractivity contribution is -0.116. The Labute approximate surface area is 151 Å². The second-order valence-electron chi connectivity index (χ2n) is 6.62. The largest absolute Gasteiger partial charge is 0.490 e. The summed E-state index contributed by atoms with van der Waals surface area (Å²) in [6.45, 7) is 9.75. The van der Waals surface area contributed by atoms with Gasteiger partial charge in [0.2, 0.25) is 5.91 Å². The van der Waals surface area contributed by atoms with E-state index in [9.17, 15) is 9.90 Å². The Morgan fingerprint density at radius 2 is 1.88 bits per heavy atom. The Hall–Kier alpha value is -2.01. The van der Waals surface area contributed by atoms with E-state index in [1.54, 1.807) is 6.08 Å². The van der Waals surface area contributed by atoms with Crippen molar-refractivity contribution in [2.24, 2.45) is 5.41 Å². The van der Waals surface area contributed by atoms with Crippen molar-refractivity contribution >= 4 is 12.0 Å². The highest BCUT2D eigenvalue weighted by molar-refractivity contribution is 5.91. The summed E-state index contributed by atoms with van der Waals surface area (Å²) in [6, 6.07) is 5.60. The van der Waals surface area contributed by atoms with E-state index in [2.05, 4.69) is 5.32 Å². The van der Waals surface area contributed by atoms with E-state index in [1.807, 2.05) is 45.9 Å². The average Bonchev–Trinajstić information content (AvgIpc) is 2.59. The van der Waals surface area contributed by atoms with E-state index < -0.39 is 0 Å². The van der Waals surface area contributed by atoms with Crippen LogP contribution in [-0.4, -0.2) is 37.4 Å². The van der Waals surface area contributed by atoms with Gasteiger partial charge in [-0.15, -0.1) is 0 Å². The van der Waals surface area contributed by atoms with Gasteiger partial charge < -0.3 is 19.9 Å². The van der Waals surface area contributed by atoms with Crippen molar-refractivity contribution < 1.29 is 19.4 Å². The third-order valence-corrected chi connectivity index (χ3v) is 3.75. The van der Waals surface area contributed by atoms with Crippen LogP contribution in [0, 0.1) is 5.41 Å². The predicted molar refractivity (Wildman–Crippen MR) is 101 cm³/mol. The van der Waals surface area contributed by atoms with Crippen molar-refractivity contribution in [3.05, 3.63) is 29.8 Å². The van der Waals surface area contributed by atoms with Gasteiger partial charge in [0.05, 0.1) is 13.2 Å². The molecular formula is C20H31NO4. The molecule has 140 valence electrons. The second-order valence-corrected chi connectivity index (χ2v) is 6.62. The fraction of sp³-hybridized carbons (Fsp3) is 0.550. The normalized spacial score (nSPS) is 11.6. The first kappa shape index (κ1) is 21.0. The zero-order valence-electron chi connectivity index (χ0n) is 15.8. The maximum absolute atomic E-state index is 11.9. The number of nitrogens with one attached hydrogen (secondary N) is 1. The maximum atomic E-state index is 11.9. The fourth-order valence-electron chi connectivity index (χ4n) is 2.26. The van der Waals surface area contributed by atoms with Gasteiger partial charge in [-0.1, -0.05) is 19.9 Å². The van der Waals surface area contributed by atoms with Crippen molar-refractivity contribution in [2.75, 3.05) is 26.4 Å². The zero-order valence-corrected chi connectivity index (χ0v) is 15.8. The molecule has 0 fully saturated rings. The number of hydrogen-bond donors (Lipinski definition) is 2. The highest BCUT2D eigenvalue weighted by Crippen LogP contribution is 2.29. The third-order valence-electron chi connectivity index (χ3n) is 3.75. The van der Waals surface area contributed by atoms with Gasteiger partial charge in [0.1, 0.15) is 0 Å². The Morgan fingerprint density at radius 3 is 2.52 bits per heavy atom. The summed E-state index contributed by atoms with van der Waals surface area (Å²) in [5.41, 5.74) is 0.780. The molecule has 2 N–H and O–H groups in total. The molecular weight excluding hydrogens is 318 g/mol. The summed E-state index contributed by atoms with van der Waals surface area (Å²) in [5.74, 6) is 1.25. The summed E-state index contributed by atoms with van der Waals surface area (Å²) in [6.07, 6.45) is 4.97. The van der Waals surface area contributed by atoms with Crippen molar-refractivity contribution in [1.29, 1.82) is 0 Å². The molecule has 1 aromatic carbocycles. The number of benzene rings is 1. The summed E-state index contributed by atoms with van der Waals surface area (Å²) < 4.78 is 11.1. The molecule has 0 aliphatic heterocycles. The van der Waals surface area contributed by atoms with Gasteiger partial charge in [-0.05, 0) is 55.9 Å². The van der Waals surface area contributed by atoms with E-state index in [4.69, 9.17) is 9.47 Å². The first-order valence-electron chi connectivity index (χ1n) is 8.88. The van der Waals surface area contributed by atoms with Gasteiger partial charge in [-0.2, -0.15) is 0 Å². The number of hydrogen-bond acceptors (Lipinski definition) is 4. The molecule has 0 aliphatic carbocycles. The van der Waals surface area contributed by atoms with E-state index in [1.165, 1.54) is 6.08 Å². The minimum Gasteiger partial charge on any atom is -0.490 e. The quantitative estimate of drug-likeness (QED) is 0.474. The number of amides is 1. The molecule has 0 spiro atoms. The van der Waals surface area contributed by atoms with Gasteiger partial charge >= 0.3 is 0 Å². The summed E-state index contributed by atoms with van der Waals surface area (Å²) in [4.78, 5) is 11.9. The molecule has 0 bridgehead atoms. The number of carbonyl (C=O) groups excluding carboxylic acids is 1. The van der Waals surface area contributed by atoms with Gasteiger partial charge in [-0.3, -0.25) is 4.79 Å². The van der Waals surface area contributed by atoms with E-state index in [0.29, 0.717) is 31.3 Å². The molecule has 1 rings (SSSR count). The Morgan fingerprint density at radius 1 is 1.20 bits per heavy atom. The first-order chi connectivity index (χ1) is 11.9. The number of rotatable bonds is 11.